The molecule has 5 heteroatoms. The van der Waals surface area contributed by atoms with Gasteiger partial charge in [0.15, 0.2) is 0 Å². The van der Waals surface area contributed by atoms with E-state index < -0.39 is 16.2 Å². The van der Waals surface area contributed by atoms with Crippen LogP contribution in [-0.2, 0) is 13.9 Å². The second kappa shape index (κ2) is 6.05. The predicted octanol–water partition coefficient (Wildman–Crippen LogP) is 5.55. The number of hydrogen-bond donors (Lipinski definition) is 0. The number of rotatable bonds is 1. The predicted molar refractivity (Wildman–Crippen MR) is 120 cm³/mol. The summed E-state index contributed by atoms with van der Waals surface area (Å²) >= 11 is 10.2. The molecular weight excluding hydrogens is 462 g/mol. The first-order valence-corrected chi connectivity index (χ1v) is 11.1. The van der Waals surface area contributed by atoms with Gasteiger partial charge in [0, 0.05) is 10.9 Å². The summed E-state index contributed by atoms with van der Waals surface area (Å²) in [5.41, 5.74) is 5.85. The Bertz CT molecular complexity index is 1220. The van der Waals surface area contributed by atoms with Gasteiger partial charge in [0.2, 0.25) is 11.8 Å². The van der Waals surface area contributed by atoms with Crippen molar-refractivity contribution in [1.82, 2.24) is 0 Å². The molecular formula is C25H17BrClNO2. The second-order valence-electron chi connectivity index (χ2n) is 8.31. The van der Waals surface area contributed by atoms with Crippen molar-refractivity contribution >= 4 is 45.0 Å². The molecule has 0 N–H and O–H groups in total. The standard InChI is InChI=1S/C25H17BrClNO2/c1-13-10-11-14(27)12-19(13)28-23(29)21-20-15-6-2-4-8-17(15)25(26,22(21)24(28)30)18-9-5-3-7-16(18)20/h2-12,20-22H,1H3/t20?,21-,22-,25?/m0/s1. The van der Waals surface area contributed by atoms with Gasteiger partial charge in [-0.15, -0.1) is 0 Å². The zero-order valence-corrected chi connectivity index (χ0v) is 18.4. The molecule has 0 spiro atoms. The molecule has 4 aliphatic rings. The molecule has 1 aliphatic heterocycles. The van der Waals surface area contributed by atoms with E-state index in [2.05, 4.69) is 40.2 Å². The van der Waals surface area contributed by atoms with Crippen LogP contribution < -0.4 is 4.90 Å². The summed E-state index contributed by atoms with van der Waals surface area (Å²) in [7, 11) is 0. The summed E-state index contributed by atoms with van der Waals surface area (Å²) in [5, 5.41) is 0.508. The Labute approximate surface area is 187 Å². The van der Waals surface area contributed by atoms with E-state index in [0.717, 1.165) is 27.8 Å². The van der Waals surface area contributed by atoms with Gasteiger partial charge < -0.3 is 0 Å². The minimum Gasteiger partial charge on any atom is -0.274 e. The van der Waals surface area contributed by atoms with Crippen molar-refractivity contribution in [2.24, 2.45) is 11.8 Å². The molecule has 1 heterocycles. The van der Waals surface area contributed by atoms with Crippen LogP contribution in [0.4, 0.5) is 5.69 Å². The Kier molecular flexibility index (Phi) is 3.70. The number of hydrogen-bond acceptors (Lipinski definition) is 2. The van der Waals surface area contributed by atoms with Crippen LogP contribution >= 0.6 is 27.5 Å². The van der Waals surface area contributed by atoms with Crippen molar-refractivity contribution in [3.63, 3.8) is 0 Å². The van der Waals surface area contributed by atoms with E-state index in [1.54, 1.807) is 12.1 Å². The van der Waals surface area contributed by atoms with Crippen molar-refractivity contribution in [1.29, 1.82) is 0 Å². The van der Waals surface area contributed by atoms with E-state index in [0.29, 0.717) is 10.7 Å². The number of imide groups is 1. The second-order valence-corrected chi connectivity index (χ2v) is 10.00. The number of alkyl halides is 1. The van der Waals surface area contributed by atoms with Crippen molar-refractivity contribution in [3.05, 3.63) is 99.6 Å². The van der Waals surface area contributed by atoms with Gasteiger partial charge in [0.1, 0.15) is 0 Å². The molecule has 7 rings (SSSR count). The Hall–Kier alpha value is -2.43. The smallest absolute Gasteiger partial charge is 0.239 e. The maximum absolute atomic E-state index is 13.9. The van der Waals surface area contributed by atoms with Crippen molar-refractivity contribution < 1.29 is 9.59 Å². The number of benzene rings is 3. The Balaban J connectivity index is 1.63. The summed E-state index contributed by atoms with van der Waals surface area (Å²) in [6, 6.07) is 21.7. The number of halogens is 2. The number of aryl methyl sites for hydroxylation is 1. The lowest BCUT2D eigenvalue weighted by atomic mass is 9.55. The number of anilines is 1. The number of carbonyl (C=O) groups is 2. The van der Waals surface area contributed by atoms with E-state index in [-0.39, 0.29) is 17.7 Å². The summed E-state index contributed by atoms with van der Waals surface area (Å²) in [6.45, 7) is 1.90. The lowest BCUT2D eigenvalue weighted by molar-refractivity contribution is -0.122. The van der Waals surface area contributed by atoms with Gasteiger partial charge in [-0.2, -0.15) is 0 Å². The van der Waals surface area contributed by atoms with Crippen LogP contribution in [0.15, 0.2) is 66.7 Å². The third-order valence-electron chi connectivity index (χ3n) is 6.93. The van der Waals surface area contributed by atoms with Crippen molar-refractivity contribution in [2.45, 2.75) is 17.2 Å². The topological polar surface area (TPSA) is 37.4 Å². The van der Waals surface area contributed by atoms with E-state index >= 15 is 0 Å². The number of nitrogens with zero attached hydrogens (tertiary/aromatic N) is 1. The lowest BCUT2D eigenvalue weighted by Crippen LogP contribution is -2.50. The van der Waals surface area contributed by atoms with Crippen LogP contribution in [0.2, 0.25) is 5.02 Å². The average molecular weight is 479 g/mol. The SMILES string of the molecule is Cc1ccc(Cl)cc1N1C(=O)[C@@H]2[C@@H](C1=O)C1c3ccccc3C2(Br)c2ccccc21. The van der Waals surface area contributed by atoms with E-state index in [9.17, 15) is 9.59 Å². The maximum Gasteiger partial charge on any atom is 0.239 e. The summed E-state index contributed by atoms with van der Waals surface area (Å²) in [4.78, 5) is 29.0. The Morgan fingerprint density at radius 2 is 1.50 bits per heavy atom. The van der Waals surface area contributed by atoms with E-state index in [4.69, 9.17) is 11.6 Å². The molecule has 3 nitrogen and oxygen atoms in total. The minimum atomic E-state index is -0.729. The van der Waals surface area contributed by atoms with Gasteiger partial charge in [-0.05, 0) is 46.9 Å². The number of amides is 2. The van der Waals surface area contributed by atoms with Crippen molar-refractivity contribution in [3.8, 4) is 0 Å². The van der Waals surface area contributed by atoms with Crippen LogP contribution in [0.5, 0.6) is 0 Å². The van der Waals surface area contributed by atoms with Gasteiger partial charge in [0.25, 0.3) is 0 Å². The van der Waals surface area contributed by atoms with Crippen molar-refractivity contribution in [2.75, 3.05) is 4.90 Å². The first-order valence-electron chi connectivity index (χ1n) is 9.96. The average Bonchev–Trinajstić information content (AvgIpc) is 3.02. The fraction of sp³-hybridized carbons (Fsp3) is 0.200. The quantitative estimate of drug-likeness (QED) is 0.340. The fourth-order valence-corrected chi connectivity index (χ4v) is 7.11. The monoisotopic (exact) mass is 477 g/mol. The highest BCUT2D eigenvalue weighted by Gasteiger charge is 2.67. The largest absolute Gasteiger partial charge is 0.274 e. The van der Waals surface area contributed by atoms with E-state index in [1.165, 1.54) is 4.90 Å². The third kappa shape index (κ3) is 2.06. The van der Waals surface area contributed by atoms with Crippen LogP contribution in [0.25, 0.3) is 0 Å². The maximum atomic E-state index is 13.9. The highest BCUT2D eigenvalue weighted by molar-refractivity contribution is 9.09. The van der Waals surface area contributed by atoms with Crippen LogP contribution in [-0.4, -0.2) is 11.8 Å². The highest BCUT2D eigenvalue weighted by Crippen LogP contribution is 2.66. The first-order chi connectivity index (χ1) is 14.4. The molecule has 0 aromatic heterocycles. The zero-order chi connectivity index (χ0) is 20.8. The Morgan fingerprint density at radius 3 is 2.13 bits per heavy atom. The third-order valence-corrected chi connectivity index (χ3v) is 8.51. The molecule has 3 aromatic rings. The molecule has 148 valence electrons. The molecule has 1 saturated heterocycles. The molecule has 0 radical (unpaired) electrons. The highest BCUT2D eigenvalue weighted by atomic mass is 79.9. The minimum absolute atomic E-state index is 0.136. The zero-order valence-electron chi connectivity index (χ0n) is 16.1. The summed E-state index contributed by atoms with van der Waals surface area (Å²) < 4.78 is -0.729. The van der Waals surface area contributed by atoms with Gasteiger partial charge >= 0.3 is 0 Å². The molecule has 0 unspecified atom stereocenters. The molecule has 1 fully saturated rings. The molecule has 0 saturated carbocycles. The van der Waals surface area contributed by atoms with Gasteiger partial charge in [-0.1, -0.05) is 82.1 Å². The normalized spacial score (nSPS) is 28.4. The molecule has 2 amide bonds. The van der Waals surface area contributed by atoms with Gasteiger partial charge in [-0.3, -0.25) is 9.59 Å². The number of carbonyl (C=O) groups excluding carboxylic acids is 2. The molecule has 3 aromatic carbocycles. The molecule has 2 bridgehead atoms. The summed E-state index contributed by atoms with van der Waals surface area (Å²) in [6.07, 6.45) is 0. The molecule has 30 heavy (non-hydrogen) atoms. The Morgan fingerprint density at radius 1 is 0.900 bits per heavy atom. The lowest BCUT2D eigenvalue weighted by Gasteiger charge is -2.51. The first kappa shape index (κ1) is 18.3. The molecule has 3 aliphatic carbocycles. The summed E-state index contributed by atoms with van der Waals surface area (Å²) in [5.74, 6) is -1.39. The van der Waals surface area contributed by atoms with Crippen LogP contribution in [0.1, 0.15) is 33.7 Å². The van der Waals surface area contributed by atoms with Crippen LogP contribution in [0, 0.1) is 18.8 Å². The fourth-order valence-electron chi connectivity index (χ4n) is 5.74. The van der Waals surface area contributed by atoms with Gasteiger partial charge in [0.05, 0.1) is 21.8 Å². The van der Waals surface area contributed by atoms with E-state index in [1.807, 2.05) is 37.3 Å². The molecule has 2 atom stereocenters. The van der Waals surface area contributed by atoms with Gasteiger partial charge in [-0.25, -0.2) is 4.90 Å². The van der Waals surface area contributed by atoms with Crippen LogP contribution in [0.3, 0.4) is 0 Å².